The molecule has 0 aromatic carbocycles. The molecule has 0 nitrogen and oxygen atoms in total. The largest absolute Gasteiger partial charge is 0.0885 e. The first-order valence-electron chi connectivity index (χ1n) is 7.01. The SMILES string of the molecule is [CH2]CCCC=CCCCCC=CCCCC. The van der Waals surface area contributed by atoms with Crippen LogP contribution in [-0.4, -0.2) is 0 Å². The molecule has 0 aromatic heterocycles. The molecule has 0 aliphatic carbocycles. The van der Waals surface area contributed by atoms with E-state index >= 15 is 0 Å². The van der Waals surface area contributed by atoms with Gasteiger partial charge in [-0.05, 0) is 44.9 Å². The van der Waals surface area contributed by atoms with E-state index in [1.165, 1.54) is 57.8 Å². The molecule has 0 aromatic rings. The Kier molecular flexibility index (Phi) is 14.0. The first kappa shape index (κ1) is 15.5. The Morgan fingerprint density at radius 3 is 1.56 bits per heavy atom. The Morgan fingerprint density at radius 1 is 0.688 bits per heavy atom. The average molecular weight is 221 g/mol. The Bertz CT molecular complexity index is 145. The van der Waals surface area contributed by atoms with E-state index < -0.39 is 0 Å². The molecule has 0 fully saturated rings. The summed E-state index contributed by atoms with van der Waals surface area (Å²) in [6.07, 6.45) is 21.9. The van der Waals surface area contributed by atoms with E-state index in [9.17, 15) is 0 Å². The first-order chi connectivity index (χ1) is 7.91. The van der Waals surface area contributed by atoms with Gasteiger partial charge in [0.25, 0.3) is 0 Å². The van der Waals surface area contributed by atoms with Gasteiger partial charge in [-0.15, -0.1) is 0 Å². The number of allylic oxidation sites excluding steroid dienone is 4. The maximum atomic E-state index is 3.83. The molecule has 0 heteroatoms. The molecule has 93 valence electrons. The minimum atomic E-state index is 1.06. The van der Waals surface area contributed by atoms with Crippen LogP contribution in [0.4, 0.5) is 0 Å². The second-order valence-electron chi connectivity index (χ2n) is 4.37. The second-order valence-corrected chi connectivity index (χ2v) is 4.37. The lowest BCUT2D eigenvalue weighted by Gasteiger charge is -1.94. The maximum absolute atomic E-state index is 3.83. The van der Waals surface area contributed by atoms with Crippen molar-refractivity contribution in [3.63, 3.8) is 0 Å². The van der Waals surface area contributed by atoms with Crippen molar-refractivity contribution in [1.29, 1.82) is 0 Å². The molecule has 0 spiro atoms. The molecule has 0 saturated heterocycles. The molecule has 0 rings (SSSR count). The van der Waals surface area contributed by atoms with Gasteiger partial charge in [0.05, 0.1) is 0 Å². The minimum absolute atomic E-state index is 1.06. The van der Waals surface area contributed by atoms with Crippen LogP contribution in [0, 0.1) is 6.92 Å². The summed E-state index contributed by atoms with van der Waals surface area (Å²) in [7, 11) is 0. The van der Waals surface area contributed by atoms with E-state index in [-0.39, 0.29) is 0 Å². The quantitative estimate of drug-likeness (QED) is 0.303. The van der Waals surface area contributed by atoms with Gasteiger partial charge in [0, 0.05) is 0 Å². The van der Waals surface area contributed by atoms with E-state index in [4.69, 9.17) is 0 Å². The van der Waals surface area contributed by atoms with Crippen LogP contribution in [0.25, 0.3) is 0 Å². The van der Waals surface area contributed by atoms with Crippen LogP contribution in [0.3, 0.4) is 0 Å². The highest BCUT2D eigenvalue weighted by Gasteiger charge is 1.84. The van der Waals surface area contributed by atoms with Crippen molar-refractivity contribution < 1.29 is 0 Å². The number of hydrogen-bond donors (Lipinski definition) is 0. The Morgan fingerprint density at radius 2 is 1.12 bits per heavy atom. The number of rotatable bonds is 11. The molecule has 0 saturated carbocycles. The van der Waals surface area contributed by atoms with E-state index in [2.05, 4.69) is 38.2 Å². The fraction of sp³-hybridized carbons (Fsp3) is 0.688. The lowest BCUT2D eigenvalue weighted by Crippen LogP contribution is -1.74. The van der Waals surface area contributed by atoms with Crippen LogP contribution in [0.2, 0.25) is 0 Å². The highest BCUT2D eigenvalue weighted by atomic mass is 13.9. The summed E-state index contributed by atoms with van der Waals surface area (Å²) in [4.78, 5) is 0. The van der Waals surface area contributed by atoms with Gasteiger partial charge in [-0.1, -0.05) is 57.4 Å². The van der Waals surface area contributed by atoms with Crippen LogP contribution in [0.5, 0.6) is 0 Å². The summed E-state index contributed by atoms with van der Waals surface area (Å²) in [5.41, 5.74) is 0. The van der Waals surface area contributed by atoms with Gasteiger partial charge < -0.3 is 0 Å². The third-order valence-corrected chi connectivity index (χ3v) is 2.67. The van der Waals surface area contributed by atoms with Crippen LogP contribution in [0.1, 0.15) is 71.1 Å². The third-order valence-electron chi connectivity index (χ3n) is 2.67. The van der Waals surface area contributed by atoms with E-state index in [1.807, 2.05) is 0 Å². The van der Waals surface area contributed by atoms with Gasteiger partial charge >= 0.3 is 0 Å². The minimum Gasteiger partial charge on any atom is -0.0885 e. The van der Waals surface area contributed by atoms with E-state index in [0.29, 0.717) is 0 Å². The zero-order valence-electron chi connectivity index (χ0n) is 11.1. The lowest BCUT2D eigenvalue weighted by molar-refractivity contribution is 0.753. The molecule has 0 aliphatic rings. The lowest BCUT2D eigenvalue weighted by atomic mass is 10.1. The van der Waals surface area contributed by atoms with Gasteiger partial charge in [-0.3, -0.25) is 0 Å². The zero-order valence-corrected chi connectivity index (χ0v) is 11.1. The molecular weight excluding hydrogens is 192 g/mol. The van der Waals surface area contributed by atoms with Crippen molar-refractivity contribution in [3.05, 3.63) is 31.2 Å². The molecule has 1 radical (unpaired) electrons. The highest BCUT2D eigenvalue weighted by Crippen LogP contribution is 2.04. The van der Waals surface area contributed by atoms with Gasteiger partial charge in [0.1, 0.15) is 0 Å². The second kappa shape index (κ2) is 14.5. The van der Waals surface area contributed by atoms with E-state index in [0.717, 1.165) is 6.42 Å². The highest BCUT2D eigenvalue weighted by molar-refractivity contribution is 4.83. The van der Waals surface area contributed by atoms with Gasteiger partial charge in [0.15, 0.2) is 0 Å². The Hall–Kier alpha value is -0.520. The van der Waals surface area contributed by atoms with Crippen molar-refractivity contribution in [2.75, 3.05) is 0 Å². The normalized spacial score (nSPS) is 11.9. The zero-order chi connectivity index (χ0) is 11.9. The summed E-state index contributed by atoms with van der Waals surface area (Å²) < 4.78 is 0. The van der Waals surface area contributed by atoms with Gasteiger partial charge in [-0.25, -0.2) is 0 Å². The third kappa shape index (κ3) is 13.5. The number of unbranched alkanes of at least 4 members (excludes halogenated alkanes) is 7. The smallest absolute Gasteiger partial charge is 0.0351 e. The molecular formula is C16H29. The molecule has 0 amide bonds. The van der Waals surface area contributed by atoms with Crippen LogP contribution < -0.4 is 0 Å². The number of hydrogen-bond acceptors (Lipinski definition) is 0. The van der Waals surface area contributed by atoms with Gasteiger partial charge in [-0.2, -0.15) is 0 Å². The standard InChI is InChI=1S/C16H29/c1-3-5-7-9-11-13-15-16-14-12-10-8-6-4-2/h9-12H,1,3-8,13-16H2,2H3. The van der Waals surface area contributed by atoms with Crippen LogP contribution in [-0.2, 0) is 0 Å². The monoisotopic (exact) mass is 221 g/mol. The van der Waals surface area contributed by atoms with Crippen molar-refractivity contribution >= 4 is 0 Å². The Labute approximate surface area is 103 Å². The molecule has 0 N–H and O–H groups in total. The summed E-state index contributed by atoms with van der Waals surface area (Å²) in [6, 6.07) is 0. The maximum Gasteiger partial charge on any atom is -0.0351 e. The first-order valence-corrected chi connectivity index (χ1v) is 7.01. The summed E-state index contributed by atoms with van der Waals surface area (Å²) in [6.45, 7) is 6.08. The summed E-state index contributed by atoms with van der Waals surface area (Å²) in [5.74, 6) is 0. The molecule has 16 heavy (non-hydrogen) atoms. The van der Waals surface area contributed by atoms with Crippen molar-refractivity contribution in [2.45, 2.75) is 71.1 Å². The predicted octanol–water partition coefficient (Wildman–Crippen LogP) is 5.85. The van der Waals surface area contributed by atoms with Crippen molar-refractivity contribution in [3.8, 4) is 0 Å². The fourth-order valence-corrected chi connectivity index (χ4v) is 1.58. The molecule has 0 aliphatic heterocycles. The summed E-state index contributed by atoms with van der Waals surface area (Å²) in [5, 5.41) is 0. The predicted molar refractivity (Wildman–Crippen MR) is 75.5 cm³/mol. The van der Waals surface area contributed by atoms with Crippen LogP contribution in [0.15, 0.2) is 24.3 Å². The van der Waals surface area contributed by atoms with Crippen molar-refractivity contribution in [1.82, 2.24) is 0 Å². The average Bonchev–Trinajstić information content (AvgIpc) is 2.31. The molecule has 0 atom stereocenters. The van der Waals surface area contributed by atoms with Crippen molar-refractivity contribution in [2.24, 2.45) is 0 Å². The topological polar surface area (TPSA) is 0 Å². The molecule has 0 unspecified atom stereocenters. The van der Waals surface area contributed by atoms with Gasteiger partial charge in [0.2, 0.25) is 0 Å². The molecule has 0 bridgehead atoms. The van der Waals surface area contributed by atoms with Crippen LogP contribution >= 0.6 is 0 Å². The summed E-state index contributed by atoms with van der Waals surface area (Å²) >= 11 is 0. The molecule has 0 heterocycles. The fourth-order valence-electron chi connectivity index (χ4n) is 1.58. The van der Waals surface area contributed by atoms with E-state index in [1.54, 1.807) is 0 Å². The Balaban J connectivity index is 3.08.